The average Bonchev–Trinajstić information content (AvgIpc) is 2.46. The third-order valence-corrected chi connectivity index (χ3v) is 4.06. The Balaban J connectivity index is 2.16. The van der Waals surface area contributed by atoms with Crippen molar-refractivity contribution < 1.29 is 9.47 Å². The van der Waals surface area contributed by atoms with Gasteiger partial charge in [-0.2, -0.15) is 0 Å². The van der Waals surface area contributed by atoms with Crippen molar-refractivity contribution in [2.24, 2.45) is 5.73 Å². The second kappa shape index (κ2) is 6.15. The summed E-state index contributed by atoms with van der Waals surface area (Å²) in [6, 6.07) is 6.89. The zero-order chi connectivity index (χ0) is 13.8. The topological polar surface area (TPSA) is 47.7 Å². The minimum atomic E-state index is 0.377. The molecule has 0 amide bonds. The van der Waals surface area contributed by atoms with Crippen molar-refractivity contribution in [2.75, 3.05) is 26.2 Å². The highest BCUT2D eigenvalue weighted by Gasteiger charge is 2.23. The molecule has 106 valence electrons. The van der Waals surface area contributed by atoms with Gasteiger partial charge in [-0.1, -0.05) is 0 Å². The quantitative estimate of drug-likeness (QED) is 0.907. The highest BCUT2D eigenvalue weighted by atomic mass is 16.5. The summed E-state index contributed by atoms with van der Waals surface area (Å²) in [5.41, 5.74) is 7.08. The van der Waals surface area contributed by atoms with E-state index in [9.17, 15) is 0 Å². The number of nitrogens with zero attached hydrogens (tertiary/aromatic N) is 1. The van der Waals surface area contributed by atoms with Crippen molar-refractivity contribution in [1.29, 1.82) is 0 Å². The van der Waals surface area contributed by atoms with Crippen LogP contribution in [0.25, 0.3) is 0 Å². The number of rotatable bonds is 4. The van der Waals surface area contributed by atoms with Gasteiger partial charge in [0, 0.05) is 25.2 Å². The molecule has 0 atom stereocenters. The van der Waals surface area contributed by atoms with E-state index in [4.69, 9.17) is 15.2 Å². The largest absolute Gasteiger partial charge is 0.497 e. The lowest BCUT2D eigenvalue weighted by molar-refractivity contribution is 0.374. The Bertz CT molecular complexity index is 415. The first-order valence-electron chi connectivity index (χ1n) is 6.86. The summed E-state index contributed by atoms with van der Waals surface area (Å²) in [4.78, 5) is 2.31. The van der Waals surface area contributed by atoms with Gasteiger partial charge in [0.25, 0.3) is 0 Å². The highest BCUT2D eigenvalue weighted by molar-refractivity contribution is 5.61. The van der Waals surface area contributed by atoms with Crippen LogP contribution in [-0.4, -0.2) is 33.4 Å². The van der Waals surface area contributed by atoms with Crippen LogP contribution in [0.15, 0.2) is 18.2 Å². The molecule has 2 N–H and O–H groups in total. The van der Waals surface area contributed by atoms with E-state index in [0.29, 0.717) is 12.1 Å². The fourth-order valence-corrected chi connectivity index (χ4v) is 2.76. The fourth-order valence-electron chi connectivity index (χ4n) is 2.76. The normalized spacial score (nSPS) is 22.9. The van der Waals surface area contributed by atoms with Crippen LogP contribution in [0.5, 0.6) is 11.5 Å². The summed E-state index contributed by atoms with van der Waals surface area (Å²) in [5, 5.41) is 0. The molecular weight excluding hydrogens is 240 g/mol. The van der Waals surface area contributed by atoms with Gasteiger partial charge in [-0.25, -0.2) is 0 Å². The Hall–Kier alpha value is -1.42. The van der Waals surface area contributed by atoms with Crippen LogP contribution >= 0.6 is 0 Å². The maximum Gasteiger partial charge on any atom is 0.145 e. The first-order valence-corrected chi connectivity index (χ1v) is 6.86. The Labute approximate surface area is 115 Å². The molecule has 4 heteroatoms. The van der Waals surface area contributed by atoms with Gasteiger partial charge in [-0.05, 0) is 37.8 Å². The van der Waals surface area contributed by atoms with Crippen LogP contribution < -0.4 is 20.1 Å². The van der Waals surface area contributed by atoms with Crippen LogP contribution in [0.1, 0.15) is 25.7 Å². The lowest BCUT2D eigenvalue weighted by atomic mass is 9.90. The first kappa shape index (κ1) is 14.0. The molecule has 4 nitrogen and oxygen atoms in total. The smallest absolute Gasteiger partial charge is 0.145 e. The number of anilines is 1. The summed E-state index contributed by atoms with van der Waals surface area (Å²) < 4.78 is 10.7. The number of hydrogen-bond acceptors (Lipinski definition) is 4. The molecular formula is C15H24N2O2. The molecule has 0 saturated heterocycles. The molecule has 1 saturated carbocycles. The van der Waals surface area contributed by atoms with Crippen molar-refractivity contribution in [2.45, 2.75) is 37.8 Å². The van der Waals surface area contributed by atoms with Gasteiger partial charge in [0.15, 0.2) is 0 Å². The van der Waals surface area contributed by atoms with E-state index in [0.717, 1.165) is 42.9 Å². The number of ether oxygens (including phenoxy) is 2. The Morgan fingerprint density at radius 3 is 2.37 bits per heavy atom. The average molecular weight is 264 g/mol. The predicted molar refractivity (Wildman–Crippen MR) is 78.2 cm³/mol. The van der Waals surface area contributed by atoms with Gasteiger partial charge < -0.3 is 20.1 Å². The number of benzene rings is 1. The van der Waals surface area contributed by atoms with Crippen molar-refractivity contribution in [1.82, 2.24) is 0 Å². The number of methoxy groups -OCH3 is 2. The minimum absolute atomic E-state index is 0.377. The molecule has 0 bridgehead atoms. The molecule has 0 heterocycles. The monoisotopic (exact) mass is 264 g/mol. The molecule has 1 aliphatic carbocycles. The van der Waals surface area contributed by atoms with Crippen LogP contribution in [0, 0.1) is 0 Å². The number of nitrogens with two attached hydrogens (primary N) is 1. The van der Waals surface area contributed by atoms with Crippen LogP contribution in [0.3, 0.4) is 0 Å². The maximum absolute atomic E-state index is 5.97. The van der Waals surface area contributed by atoms with Crippen molar-refractivity contribution in [3.05, 3.63) is 18.2 Å². The van der Waals surface area contributed by atoms with Crippen molar-refractivity contribution in [3.63, 3.8) is 0 Å². The van der Waals surface area contributed by atoms with E-state index in [1.807, 2.05) is 12.1 Å². The molecule has 0 aliphatic heterocycles. The molecule has 0 radical (unpaired) electrons. The first-order chi connectivity index (χ1) is 9.15. The van der Waals surface area contributed by atoms with Crippen LogP contribution in [0.4, 0.5) is 5.69 Å². The summed E-state index contributed by atoms with van der Waals surface area (Å²) in [6.45, 7) is 0. The predicted octanol–water partition coefficient (Wildman–Crippen LogP) is 2.41. The summed E-state index contributed by atoms with van der Waals surface area (Å²) in [7, 11) is 5.50. The molecule has 1 aromatic carbocycles. The van der Waals surface area contributed by atoms with Gasteiger partial charge in [-0.15, -0.1) is 0 Å². The van der Waals surface area contributed by atoms with Crippen LogP contribution in [-0.2, 0) is 0 Å². The van der Waals surface area contributed by atoms with Gasteiger partial charge in [0.2, 0.25) is 0 Å². The third-order valence-electron chi connectivity index (χ3n) is 4.06. The Morgan fingerprint density at radius 1 is 1.11 bits per heavy atom. The lowest BCUT2D eigenvalue weighted by Crippen LogP contribution is -2.38. The molecule has 0 aromatic heterocycles. The fraction of sp³-hybridized carbons (Fsp3) is 0.600. The molecule has 2 rings (SSSR count). The lowest BCUT2D eigenvalue weighted by Gasteiger charge is -2.35. The van der Waals surface area contributed by atoms with Crippen molar-refractivity contribution in [3.8, 4) is 11.5 Å². The van der Waals surface area contributed by atoms with E-state index in [2.05, 4.69) is 18.0 Å². The Kier molecular flexibility index (Phi) is 4.53. The second-order valence-corrected chi connectivity index (χ2v) is 5.22. The van der Waals surface area contributed by atoms with Gasteiger partial charge in [0.05, 0.1) is 19.9 Å². The van der Waals surface area contributed by atoms with Crippen LogP contribution in [0.2, 0.25) is 0 Å². The Morgan fingerprint density at radius 2 is 1.79 bits per heavy atom. The third kappa shape index (κ3) is 3.13. The molecule has 1 fully saturated rings. The molecule has 19 heavy (non-hydrogen) atoms. The summed E-state index contributed by atoms with van der Waals surface area (Å²) in [6.07, 6.45) is 4.50. The van der Waals surface area contributed by atoms with E-state index in [1.54, 1.807) is 14.2 Å². The van der Waals surface area contributed by atoms with Gasteiger partial charge in [-0.3, -0.25) is 0 Å². The van der Waals surface area contributed by atoms with E-state index >= 15 is 0 Å². The molecule has 0 spiro atoms. The maximum atomic E-state index is 5.97. The SMILES string of the molecule is COc1ccc(N(C)C2CCC(N)CC2)c(OC)c1. The molecule has 1 aliphatic rings. The van der Waals surface area contributed by atoms with E-state index < -0.39 is 0 Å². The summed E-state index contributed by atoms with van der Waals surface area (Å²) in [5.74, 6) is 1.68. The highest BCUT2D eigenvalue weighted by Crippen LogP contribution is 2.35. The standard InChI is InChI=1S/C15H24N2O2/c1-17(12-6-4-11(16)5-7-12)14-9-8-13(18-2)10-15(14)19-3/h8-12H,4-7,16H2,1-3H3. The summed E-state index contributed by atoms with van der Waals surface area (Å²) >= 11 is 0. The second-order valence-electron chi connectivity index (χ2n) is 5.22. The zero-order valence-corrected chi connectivity index (χ0v) is 12.1. The van der Waals surface area contributed by atoms with Gasteiger partial charge in [0.1, 0.15) is 11.5 Å². The molecule has 0 unspecified atom stereocenters. The zero-order valence-electron chi connectivity index (χ0n) is 12.1. The van der Waals surface area contributed by atoms with E-state index in [-0.39, 0.29) is 0 Å². The molecule has 1 aromatic rings. The number of hydrogen-bond donors (Lipinski definition) is 1. The van der Waals surface area contributed by atoms with E-state index in [1.165, 1.54) is 0 Å². The van der Waals surface area contributed by atoms with Gasteiger partial charge >= 0.3 is 0 Å². The van der Waals surface area contributed by atoms with Crippen molar-refractivity contribution >= 4 is 5.69 Å². The minimum Gasteiger partial charge on any atom is -0.497 e.